The Kier molecular flexibility index (Phi) is 7.15. The standard InChI is InChI=1S/C24H33N5O6/c1-24(2,3)35-22(32)25-17-11-16(12-17)20(30)26-27-21(31)19-10-9-18-13-28(19)23(33)29(18)34-14-15-7-5-4-6-8-15/h4-8,16-19H,9-14H2,1-3H3,(H,25,32)(H,26,30)(H,27,31)/t16?,17?,18-,19+/m1/s1. The predicted molar refractivity (Wildman–Crippen MR) is 124 cm³/mol. The van der Waals surface area contributed by atoms with Gasteiger partial charge in [-0.05, 0) is 52.0 Å². The molecule has 1 aromatic carbocycles. The van der Waals surface area contributed by atoms with Gasteiger partial charge in [-0.3, -0.25) is 25.3 Å². The third kappa shape index (κ3) is 6.02. The molecule has 4 rings (SSSR count). The molecular formula is C24H33N5O6. The summed E-state index contributed by atoms with van der Waals surface area (Å²) in [6, 6.07) is 8.30. The fourth-order valence-corrected chi connectivity index (χ4v) is 4.52. The van der Waals surface area contributed by atoms with Crippen molar-refractivity contribution in [3.63, 3.8) is 0 Å². The summed E-state index contributed by atoms with van der Waals surface area (Å²) in [5.74, 6) is -1.08. The molecule has 1 saturated carbocycles. The summed E-state index contributed by atoms with van der Waals surface area (Å²) in [5, 5.41) is 4.10. The molecule has 0 aromatic heterocycles. The van der Waals surface area contributed by atoms with Crippen LogP contribution in [0.1, 0.15) is 52.0 Å². The van der Waals surface area contributed by atoms with E-state index >= 15 is 0 Å². The van der Waals surface area contributed by atoms with E-state index in [0.29, 0.717) is 32.2 Å². The van der Waals surface area contributed by atoms with Crippen LogP contribution in [-0.4, -0.2) is 64.2 Å². The number of hydrogen-bond donors (Lipinski definition) is 3. The second-order valence-corrected chi connectivity index (χ2v) is 10.3. The predicted octanol–water partition coefficient (Wildman–Crippen LogP) is 1.84. The van der Waals surface area contributed by atoms with Gasteiger partial charge in [0, 0.05) is 18.5 Å². The highest BCUT2D eigenvalue weighted by atomic mass is 16.7. The number of alkyl carbamates (subject to hydrolysis) is 1. The van der Waals surface area contributed by atoms with Gasteiger partial charge in [0.25, 0.3) is 5.91 Å². The lowest BCUT2D eigenvalue weighted by Crippen LogP contribution is -2.57. The molecule has 0 radical (unpaired) electrons. The average Bonchev–Trinajstić information content (AvgIpc) is 3.01. The Balaban J connectivity index is 1.19. The van der Waals surface area contributed by atoms with Gasteiger partial charge >= 0.3 is 12.1 Å². The largest absolute Gasteiger partial charge is 0.444 e. The maximum Gasteiger partial charge on any atom is 0.407 e. The second kappa shape index (κ2) is 10.1. The number of carbonyl (C=O) groups is 4. The molecule has 2 saturated heterocycles. The fraction of sp³-hybridized carbons (Fsp3) is 0.583. The van der Waals surface area contributed by atoms with Gasteiger partial charge in [-0.2, -0.15) is 5.06 Å². The van der Waals surface area contributed by atoms with E-state index in [9.17, 15) is 19.2 Å². The first-order chi connectivity index (χ1) is 16.6. The first-order valence-electron chi connectivity index (χ1n) is 12.0. The molecule has 11 heteroatoms. The van der Waals surface area contributed by atoms with Gasteiger partial charge in [0.2, 0.25) is 5.91 Å². The highest BCUT2D eigenvalue weighted by Gasteiger charge is 2.48. The van der Waals surface area contributed by atoms with Crippen molar-refractivity contribution >= 4 is 23.9 Å². The Morgan fingerprint density at radius 2 is 1.71 bits per heavy atom. The van der Waals surface area contributed by atoms with Gasteiger partial charge in [0.05, 0.1) is 6.04 Å². The molecule has 2 bridgehead atoms. The molecule has 190 valence electrons. The zero-order valence-electron chi connectivity index (χ0n) is 20.3. The molecule has 2 heterocycles. The number of nitrogens with one attached hydrogen (secondary N) is 3. The minimum Gasteiger partial charge on any atom is -0.444 e. The molecule has 3 aliphatic rings. The van der Waals surface area contributed by atoms with Gasteiger partial charge in [-0.15, -0.1) is 0 Å². The van der Waals surface area contributed by atoms with E-state index < -0.39 is 23.6 Å². The summed E-state index contributed by atoms with van der Waals surface area (Å²) in [6.07, 6.45) is 1.52. The summed E-state index contributed by atoms with van der Waals surface area (Å²) in [6.45, 7) is 6.02. The number of piperidine rings is 1. The van der Waals surface area contributed by atoms with Crippen molar-refractivity contribution < 1.29 is 28.8 Å². The minimum absolute atomic E-state index is 0.103. The van der Waals surface area contributed by atoms with E-state index in [1.807, 2.05) is 30.3 Å². The lowest BCUT2D eigenvalue weighted by molar-refractivity contribution is -0.140. The number of fused-ring (bicyclic) bond motifs is 2. The first-order valence-corrected chi connectivity index (χ1v) is 12.0. The van der Waals surface area contributed by atoms with Gasteiger partial charge < -0.3 is 15.0 Å². The third-order valence-corrected chi connectivity index (χ3v) is 6.38. The van der Waals surface area contributed by atoms with Crippen LogP contribution in [0.4, 0.5) is 9.59 Å². The van der Waals surface area contributed by atoms with Gasteiger partial charge in [0.1, 0.15) is 18.2 Å². The monoisotopic (exact) mass is 487 g/mol. The van der Waals surface area contributed by atoms with E-state index in [1.165, 1.54) is 9.96 Å². The zero-order valence-corrected chi connectivity index (χ0v) is 20.3. The van der Waals surface area contributed by atoms with Crippen molar-refractivity contribution in [3.05, 3.63) is 35.9 Å². The Hall–Kier alpha value is -3.34. The van der Waals surface area contributed by atoms with E-state index in [4.69, 9.17) is 9.57 Å². The van der Waals surface area contributed by atoms with Crippen LogP contribution in [0, 0.1) is 5.92 Å². The van der Waals surface area contributed by atoms with Crippen molar-refractivity contribution in [1.82, 2.24) is 26.1 Å². The summed E-state index contributed by atoms with van der Waals surface area (Å²) in [5.41, 5.74) is 5.28. The van der Waals surface area contributed by atoms with Gasteiger partial charge in [-0.1, -0.05) is 30.3 Å². The Morgan fingerprint density at radius 1 is 1.03 bits per heavy atom. The lowest BCUT2D eigenvalue weighted by atomic mass is 9.80. The number of hydroxylamine groups is 2. The van der Waals surface area contributed by atoms with Crippen molar-refractivity contribution in [2.24, 2.45) is 5.92 Å². The maximum atomic E-state index is 12.9. The molecule has 3 N–H and O–H groups in total. The molecule has 35 heavy (non-hydrogen) atoms. The first kappa shape index (κ1) is 24.8. The van der Waals surface area contributed by atoms with Crippen molar-refractivity contribution in [2.75, 3.05) is 6.54 Å². The summed E-state index contributed by atoms with van der Waals surface area (Å²) < 4.78 is 5.21. The van der Waals surface area contributed by atoms with E-state index in [0.717, 1.165) is 5.56 Å². The van der Waals surface area contributed by atoms with Crippen LogP contribution in [0.15, 0.2) is 30.3 Å². The second-order valence-electron chi connectivity index (χ2n) is 10.3. The topological polar surface area (TPSA) is 129 Å². The van der Waals surface area contributed by atoms with E-state index in [1.54, 1.807) is 20.8 Å². The summed E-state index contributed by atoms with van der Waals surface area (Å²) in [7, 11) is 0. The number of hydrazine groups is 1. The number of benzene rings is 1. The Bertz CT molecular complexity index is 959. The number of carbonyl (C=O) groups excluding carboxylic acids is 4. The summed E-state index contributed by atoms with van der Waals surface area (Å²) in [4.78, 5) is 57.1. The fourth-order valence-electron chi connectivity index (χ4n) is 4.52. The highest BCUT2D eigenvalue weighted by molar-refractivity contribution is 5.90. The highest BCUT2D eigenvalue weighted by Crippen LogP contribution is 2.31. The number of rotatable bonds is 6. The molecule has 11 nitrogen and oxygen atoms in total. The molecule has 5 amide bonds. The Labute approximate surface area is 204 Å². The summed E-state index contributed by atoms with van der Waals surface area (Å²) >= 11 is 0. The Morgan fingerprint density at radius 3 is 2.40 bits per heavy atom. The molecule has 3 fully saturated rings. The molecule has 2 aliphatic heterocycles. The quantitative estimate of drug-likeness (QED) is 0.525. The molecule has 0 spiro atoms. The number of ether oxygens (including phenoxy) is 1. The van der Waals surface area contributed by atoms with Crippen LogP contribution < -0.4 is 16.2 Å². The molecule has 1 aromatic rings. The van der Waals surface area contributed by atoms with Crippen LogP contribution in [-0.2, 0) is 25.8 Å². The lowest BCUT2D eigenvalue weighted by Gasteiger charge is -2.35. The van der Waals surface area contributed by atoms with E-state index in [2.05, 4.69) is 16.2 Å². The SMILES string of the molecule is CC(C)(C)OC(=O)NC1CC(C(=O)NNC(=O)[C@@H]2CC[C@@H]3CN2C(=O)N3OCc2ccccc2)C1. The third-order valence-electron chi connectivity index (χ3n) is 6.38. The van der Waals surface area contributed by atoms with Crippen molar-refractivity contribution in [3.8, 4) is 0 Å². The van der Waals surface area contributed by atoms with Crippen LogP contribution in [0.3, 0.4) is 0 Å². The number of amides is 5. The van der Waals surface area contributed by atoms with Gasteiger partial charge in [-0.25, -0.2) is 9.59 Å². The molecule has 1 aliphatic carbocycles. The number of nitrogens with zero attached hydrogens (tertiary/aromatic N) is 2. The smallest absolute Gasteiger partial charge is 0.407 e. The van der Waals surface area contributed by atoms with Crippen molar-refractivity contribution in [1.29, 1.82) is 0 Å². The molecule has 2 atom stereocenters. The van der Waals surface area contributed by atoms with Crippen LogP contribution in [0.25, 0.3) is 0 Å². The normalized spacial score (nSPS) is 25.5. The van der Waals surface area contributed by atoms with Crippen LogP contribution in [0.2, 0.25) is 0 Å². The zero-order chi connectivity index (χ0) is 25.2. The minimum atomic E-state index is -0.674. The van der Waals surface area contributed by atoms with Crippen LogP contribution in [0.5, 0.6) is 0 Å². The molecule has 0 unspecified atom stereocenters. The number of hydrogen-bond acceptors (Lipinski definition) is 6. The molecular weight excluding hydrogens is 454 g/mol. The maximum absolute atomic E-state index is 12.9. The number of urea groups is 1. The average molecular weight is 488 g/mol. The van der Waals surface area contributed by atoms with Gasteiger partial charge in [0.15, 0.2) is 0 Å². The van der Waals surface area contributed by atoms with E-state index in [-0.39, 0.29) is 36.5 Å². The van der Waals surface area contributed by atoms with Crippen molar-refractivity contribution in [2.45, 2.75) is 76.8 Å². The van der Waals surface area contributed by atoms with Crippen LogP contribution >= 0.6 is 0 Å².